The molecular weight excluding hydrogens is 451 g/mol. The molecule has 1 amide bonds. The lowest BCUT2D eigenvalue weighted by atomic mass is 10.0. The molecule has 5 rings (SSSR count). The molecule has 3 saturated carbocycles. The molecule has 2 N–H and O–H groups in total. The third-order valence-corrected chi connectivity index (χ3v) is 7.92. The van der Waals surface area contributed by atoms with Crippen molar-refractivity contribution in [2.45, 2.75) is 64.1 Å². The molecule has 1 aromatic carbocycles. The van der Waals surface area contributed by atoms with Crippen LogP contribution in [0.2, 0.25) is 0 Å². The highest BCUT2D eigenvalue weighted by Crippen LogP contribution is 2.59. The summed E-state index contributed by atoms with van der Waals surface area (Å²) < 4.78 is 41.0. The molecule has 3 unspecified atom stereocenters. The van der Waals surface area contributed by atoms with E-state index in [9.17, 15) is 18.0 Å². The van der Waals surface area contributed by atoms with Crippen LogP contribution in [-0.2, 0) is 4.79 Å². The number of carbonyl (C=O) groups excluding carboxylic acids is 1. The van der Waals surface area contributed by atoms with Gasteiger partial charge in [-0.05, 0) is 68.1 Å². The molecular formula is C28H32F3N3O. The molecule has 35 heavy (non-hydrogen) atoms. The van der Waals surface area contributed by atoms with Gasteiger partial charge in [0, 0.05) is 35.0 Å². The maximum Gasteiger partial charge on any atom is 0.417 e. The molecule has 3 fully saturated rings. The monoisotopic (exact) mass is 483 g/mol. The number of pyridine rings is 1. The highest BCUT2D eigenvalue weighted by molar-refractivity contribution is 6.00. The smallest absolute Gasteiger partial charge is 0.382 e. The summed E-state index contributed by atoms with van der Waals surface area (Å²) in [6, 6.07) is 7.51. The van der Waals surface area contributed by atoms with Crippen LogP contribution in [0.25, 0.3) is 22.4 Å². The lowest BCUT2D eigenvalue weighted by molar-refractivity contribution is -0.122. The van der Waals surface area contributed by atoms with E-state index >= 15 is 0 Å². The van der Waals surface area contributed by atoms with Gasteiger partial charge in [-0.3, -0.25) is 4.79 Å². The number of alkyl halides is 3. The number of anilines is 1. The molecule has 186 valence electrons. The molecule has 0 saturated heterocycles. The van der Waals surface area contributed by atoms with Gasteiger partial charge < -0.3 is 10.6 Å². The van der Waals surface area contributed by atoms with Gasteiger partial charge in [0.05, 0.1) is 17.0 Å². The van der Waals surface area contributed by atoms with Crippen LogP contribution in [0.15, 0.2) is 36.9 Å². The first-order chi connectivity index (χ1) is 16.6. The van der Waals surface area contributed by atoms with E-state index < -0.39 is 11.7 Å². The first kappa shape index (κ1) is 23.9. The third-order valence-electron chi connectivity index (χ3n) is 7.92. The van der Waals surface area contributed by atoms with Crippen molar-refractivity contribution < 1.29 is 18.0 Å². The van der Waals surface area contributed by atoms with Gasteiger partial charge >= 0.3 is 6.18 Å². The predicted molar refractivity (Wildman–Crippen MR) is 134 cm³/mol. The molecule has 3 aliphatic carbocycles. The van der Waals surface area contributed by atoms with Gasteiger partial charge in [0.15, 0.2) is 0 Å². The number of hydrogen-bond donors (Lipinski definition) is 2. The number of carbonyl (C=O) groups is 1. The van der Waals surface area contributed by atoms with Crippen LogP contribution >= 0.6 is 0 Å². The van der Waals surface area contributed by atoms with Gasteiger partial charge in [-0.2, -0.15) is 13.2 Å². The van der Waals surface area contributed by atoms with Crippen LogP contribution in [0.4, 0.5) is 18.9 Å². The van der Waals surface area contributed by atoms with E-state index in [-0.39, 0.29) is 17.5 Å². The van der Waals surface area contributed by atoms with Crippen LogP contribution in [0.1, 0.15) is 63.3 Å². The van der Waals surface area contributed by atoms with Crippen molar-refractivity contribution in [1.82, 2.24) is 10.3 Å². The number of amides is 1. The van der Waals surface area contributed by atoms with Crippen LogP contribution in [0, 0.1) is 17.3 Å². The number of fused-ring (bicyclic) bond motifs is 2. The second-order valence-electron chi connectivity index (χ2n) is 10.7. The van der Waals surface area contributed by atoms with Gasteiger partial charge in [-0.25, -0.2) is 4.98 Å². The maximum atomic E-state index is 13.7. The van der Waals surface area contributed by atoms with Crippen molar-refractivity contribution >= 4 is 34.0 Å². The second-order valence-corrected chi connectivity index (χ2v) is 10.7. The summed E-state index contributed by atoms with van der Waals surface area (Å²) in [4.78, 5) is 16.2. The zero-order valence-corrected chi connectivity index (χ0v) is 20.0. The molecule has 1 aromatic heterocycles. The quantitative estimate of drug-likeness (QED) is 0.459. The molecule has 0 bridgehead atoms. The second kappa shape index (κ2) is 8.99. The molecule has 1 heterocycles. The summed E-state index contributed by atoms with van der Waals surface area (Å²) >= 11 is 0. The molecule has 7 heteroatoms. The fourth-order valence-electron chi connectivity index (χ4n) is 5.44. The lowest BCUT2D eigenvalue weighted by Crippen LogP contribution is -2.24. The van der Waals surface area contributed by atoms with Gasteiger partial charge in [0.2, 0.25) is 5.91 Å². The summed E-state index contributed by atoms with van der Waals surface area (Å²) in [5.41, 5.74) is 0.593. The molecule has 2 aromatic rings. The Hall–Kier alpha value is -2.83. The highest BCUT2D eigenvalue weighted by atomic mass is 19.4. The normalized spacial score (nSPS) is 26.3. The molecule has 3 aliphatic rings. The van der Waals surface area contributed by atoms with Gasteiger partial charge in [-0.1, -0.05) is 38.1 Å². The Kier molecular flexibility index (Phi) is 6.14. The number of allylic oxidation sites excluding steroid dienone is 1. The Morgan fingerprint density at radius 1 is 1.26 bits per heavy atom. The molecule has 4 nitrogen and oxygen atoms in total. The van der Waals surface area contributed by atoms with E-state index in [0.717, 1.165) is 43.7 Å². The predicted octanol–water partition coefficient (Wildman–Crippen LogP) is 6.73. The Morgan fingerprint density at radius 3 is 2.80 bits per heavy atom. The van der Waals surface area contributed by atoms with Crippen molar-refractivity contribution in [3.63, 3.8) is 0 Å². The Morgan fingerprint density at radius 2 is 2.06 bits per heavy atom. The largest absolute Gasteiger partial charge is 0.417 e. The van der Waals surface area contributed by atoms with Gasteiger partial charge in [0.1, 0.15) is 0 Å². The van der Waals surface area contributed by atoms with E-state index in [1.54, 1.807) is 24.3 Å². The van der Waals surface area contributed by atoms with E-state index in [1.165, 1.54) is 12.8 Å². The first-order valence-corrected chi connectivity index (χ1v) is 12.5. The van der Waals surface area contributed by atoms with Gasteiger partial charge in [0.25, 0.3) is 0 Å². The van der Waals surface area contributed by atoms with Crippen LogP contribution in [0.5, 0.6) is 0 Å². The van der Waals surface area contributed by atoms with E-state index in [4.69, 9.17) is 0 Å². The molecule has 0 aliphatic heterocycles. The summed E-state index contributed by atoms with van der Waals surface area (Å²) in [6.07, 6.45) is 6.47. The van der Waals surface area contributed by atoms with Gasteiger partial charge in [-0.15, -0.1) is 0 Å². The summed E-state index contributed by atoms with van der Waals surface area (Å²) in [7, 11) is 0. The molecule has 3 atom stereocenters. The Labute approximate surface area is 204 Å². The number of nitrogens with zero attached hydrogens (tertiary/aromatic N) is 1. The van der Waals surface area contributed by atoms with Crippen LogP contribution in [-0.4, -0.2) is 29.7 Å². The van der Waals surface area contributed by atoms with Crippen LogP contribution in [0.3, 0.4) is 0 Å². The summed E-state index contributed by atoms with van der Waals surface area (Å²) in [6.45, 7) is 6.00. The minimum Gasteiger partial charge on any atom is -0.382 e. The number of halogens is 3. The highest BCUT2D eigenvalue weighted by Gasteiger charge is 2.51. The van der Waals surface area contributed by atoms with Crippen molar-refractivity contribution in [1.29, 1.82) is 0 Å². The van der Waals surface area contributed by atoms with Crippen LogP contribution < -0.4 is 10.6 Å². The number of aromatic nitrogens is 1. The number of nitrogens with one attached hydrogen (secondary N) is 2. The SMILES string of the molecule is C=C(c1nc(/C=C/CNC(=O)C2CC2)cc2c(NC3CCCC4(C)CC4C3)cccc12)C(F)(F)F. The summed E-state index contributed by atoms with van der Waals surface area (Å²) in [5.74, 6) is 0.855. The number of rotatable bonds is 7. The van der Waals surface area contributed by atoms with Crippen molar-refractivity contribution in [2.24, 2.45) is 17.3 Å². The van der Waals surface area contributed by atoms with E-state index in [1.807, 2.05) is 12.1 Å². The van der Waals surface area contributed by atoms with Crippen molar-refractivity contribution in [3.8, 4) is 0 Å². The Balaban J connectivity index is 1.45. The average molecular weight is 484 g/mol. The first-order valence-electron chi connectivity index (χ1n) is 12.5. The minimum absolute atomic E-state index is 0.0221. The lowest BCUT2D eigenvalue weighted by Gasteiger charge is -2.21. The zero-order valence-electron chi connectivity index (χ0n) is 20.0. The third kappa shape index (κ3) is 5.24. The molecule has 0 radical (unpaired) electrons. The van der Waals surface area contributed by atoms with E-state index in [2.05, 4.69) is 29.1 Å². The average Bonchev–Trinajstić information content (AvgIpc) is 3.71. The minimum atomic E-state index is -4.58. The Bertz CT molecular complexity index is 1180. The zero-order chi connectivity index (χ0) is 24.8. The standard InChI is InChI=1S/C28H32F3N3O/c1-17(28(29,30)31)25-22-8-3-9-24(33-20-6-4-12-27(2)16-19(27)14-20)23(22)15-21(34-25)7-5-13-32-26(35)18-10-11-18/h3,5,7-9,15,18-20,33H,1,4,6,10-14,16H2,2H3,(H,32,35)/b7-5+. The van der Waals surface area contributed by atoms with E-state index in [0.29, 0.717) is 34.5 Å². The number of benzene rings is 1. The number of hydrogen-bond acceptors (Lipinski definition) is 3. The molecule has 0 spiro atoms. The maximum absolute atomic E-state index is 13.7. The fourth-order valence-corrected chi connectivity index (χ4v) is 5.44. The summed E-state index contributed by atoms with van der Waals surface area (Å²) in [5, 5.41) is 7.62. The topological polar surface area (TPSA) is 54.0 Å². The van der Waals surface area contributed by atoms with Crippen molar-refractivity contribution in [2.75, 3.05) is 11.9 Å². The fraction of sp³-hybridized carbons (Fsp3) is 0.500. The van der Waals surface area contributed by atoms with Crippen molar-refractivity contribution in [3.05, 3.63) is 48.3 Å².